The van der Waals surface area contributed by atoms with Crippen molar-refractivity contribution in [2.24, 2.45) is 0 Å². The van der Waals surface area contributed by atoms with E-state index in [2.05, 4.69) is 4.98 Å². The van der Waals surface area contributed by atoms with E-state index in [1.54, 1.807) is 18.5 Å². The van der Waals surface area contributed by atoms with Gasteiger partial charge in [0, 0.05) is 11.6 Å². The predicted octanol–water partition coefficient (Wildman–Crippen LogP) is 1.99. The van der Waals surface area contributed by atoms with Gasteiger partial charge >= 0.3 is 5.97 Å². The summed E-state index contributed by atoms with van der Waals surface area (Å²) in [7, 11) is 0. The van der Waals surface area contributed by atoms with Crippen LogP contribution in [0.2, 0.25) is 0 Å². The molecule has 0 amide bonds. The minimum atomic E-state index is -0.759. The van der Waals surface area contributed by atoms with Crippen molar-refractivity contribution in [3.8, 4) is 0 Å². The number of hydrogen-bond donors (Lipinski definition) is 0. The van der Waals surface area contributed by atoms with E-state index >= 15 is 0 Å². The van der Waals surface area contributed by atoms with Gasteiger partial charge in [0.05, 0.1) is 6.61 Å². The minimum absolute atomic E-state index is 0.341. The van der Waals surface area contributed by atoms with Crippen molar-refractivity contribution >= 4 is 28.9 Å². The monoisotopic (exact) mass is 205 g/mol. The Hall–Kier alpha value is -0.610. The number of nitrogens with zero attached hydrogens (tertiary/aromatic N) is 1. The maximum absolute atomic E-state index is 11.1. The summed E-state index contributed by atoms with van der Waals surface area (Å²) in [5, 5.41) is 1.59. The summed E-state index contributed by atoms with van der Waals surface area (Å²) in [6.45, 7) is 2.08. The summed E-state index contributed by atoms with van der Waals surface area (Å²) in [5.74, 6) is -0.436. The molecule has 0 saturated heterocycles. The number of esters is 1. The average Bonchev–Trinajstić information content (AvgIpc) is 2.55. The minimum Gasteiger partial charge on any atom is -0.465 e. The molecule has 0 spiro atoms. The van der Waals surface area contributed by atoms with Crippen molar-refractivity contribution in [2.45, 2.75) is 12.3 Å². The number of carbonyl (C=O) groups excluding carboxylic acids is 1. The predicted molar refractivity (Wildman–Crippen MR) is 47.3 cm³/mol. The van der Waals surface area contributed by atoms with Crippen molar-refractivity contribution in [1.29, 1.82) is 0 Å². The molecule has 1 atom stereocenters. The Morgan fingerprint density at radius 2 is 2.67 bits per heavy atom. The Morgan fingerprint density at radius 3 is 3.17 bits per heavy atom. The van der Waals surface area contributed by atoms with Crippen LogP contribution in [-0.2, 0) is 9.53 Å². The molecule has 1 heterocycles. The van der Waals surface area contributed by atoms with E-state index in [0.29, 0.717) is 11.6 Å². The summed E-state index contributed by atoms with van der Waals surface area (Å²) in [6.07, 6.45) is 1.61. The van der Waals surface area contributed by atoms with Crippen LogP contribution in [0.1, 0.15) is 17.3 Å². The van der Waals surface area contributed by atoms with Gasteiger partial charge in [0.1, 0.15) is 5.01 Å². The van der Waals surface area contributed by atoms with Crippen LogP contribution in [0, 0.1) is 0 Å². The van der Waals surface area contributed by atoms with Crippen LogP contribution in [0.4, 0.5) is 0 Å². The van der Waals surface area contributed by atoms with Gasteiger partial charge in [0.15, 0.2) is 5.38 Å². The van der Waals surface area contributed by atoms with Crippen LogP contribution in [0.25, 0.3) is 0 Å². The summed E-state index contributed by atoms with van der Waals surface area (Å²) < 4.78 is 4.72. The van der Waals surface area contributed by atoms with Crippen molar-refractivity contribution in [3.05, 3.63) is 16.6 Å². The molecule has 0 aliphatic heterocycles. The Bertz CT molecular complexity index is 250. The van der Waals surface area contributed by atoms with Crippen LogP contribution in [0.5, 0.6) is 0 Å². The Labute approximate surface area is 79.3 Å². The summed E-state index contributed by atoms with van der Waals surface area (Å²) in [4.78, 5) is 15.0. The Morgan fingerprint density at radius 1 is 1.92 bits per heavy atom. The lowest BCUT2D eigenvalue weighted by molar-refractivity contribution is -0.142. The lowest BCUT2D eigenvalue weighted by Gasteiger charge is -2.04. The van der Waals surface area contributed by atoms with E-state index in [9.17, 15) is 4.79 Å². The summed E-state index contributed by atoms with van der Waals surface area (Å²) in [6, 6.07) is 0. The third-order valence-electron chi connectivity index (χ3n) is 1.16. The number of carbonyl (C=O) groups is 1. The first-order valence-electron chi connectivity index (χ1n) is 3.45. The van der Waals surface area contributed by atoms with Crippen molar-refractivity contribution in [3.63, 3.8) is 0 Å². The zero-order chi connectivity index (χ0) is 8.97. The second-order valence-electron chi connectivity index (χ2n) is 1.98. The first kappa shape index (κ1) is 9.48. The van der Waals surface area contributed by atoms with Gasteiger partial charge in [-0.25, -0.2) is 9.78 Å². The Balaban J connectivity index is 2.59. The van der Waals surface area contributed by atoms with E-state index in [4.69, 9.17) is 16.3 Å². The fourth-order valence-electron chi connectivity index (χ4n) is 0.676. The summed E-state index contributed by atoms with van der Waals surface area (Å²) in [5.41, 5.74) is 0. The highest BCUT2D eigenvalue weighted by molar-refractivity contribution is 7.10. The molecular weight excluding hydrogens is 198 g/mol. The first-order chi connectivity index (χ1) is 5.75. The van der Waals surface area contributed by atoms with Crippen molar-refractivity contribution in [2.75, 3.05) is 6.61 Å². The largest absolute Gasteiger partial charge is 0.465 e. The second kappa shape index (κ2) is 4.42. The van der Waals surface area contributed by atoms with Crippen LogP contribution < -0.4 is 0 Å². The second-order valence-corrected chi connectivity index (χ2v) is 3.35. The molecular formula is C7H8ClNO2S. The molecule has 0 aliphatic rings. The molecule has 0 aromatic carbocycles. The van der Waals surface area contributed by atoms with Gasteiger partial charge in [-0.1, -0.05) is 0 Å². The molecule has 0 bridgehead atoms. The third kappa shape index (κ3) is 2.19. The molecule has 1 aromatic heterocycles. The van der Waals surface area contributed by atoms with Crippen molar-refractivity contribution < 1.29 is 9.53 Å². The van der Waals surface area contributed by atoms with Gasteiger partial charge < -0.3 is 4.74 Å². The van der Waals surface area contributed by atoms with E-state index < -0.39 is 11.3 Å². The maximum atomic E-state index is 11.1. The van der Waals surface area contributed by atoms with E-state index in [0.717, 1.165) is 0 Å². The van der Waals surface area contributed by atoms with Gasteiger partial charge in [-0.05, 0) is 6.92 Å². The zero-order valence-electron chi connectivity index (χ0n) is 6.49. The molecule has 0 aliphatic carbocycles. The number of thiazole rings is 1. The molecule has 66 valence electrons. The number of halogens is 1. The van der Waals surface area contributed by atoms with Crippen LogP contribution in [0.15, 0.2) is 11.6 Å². The molecule has 0 radical (unpaired) electrons. The number of aromatic nitrogens is 1. The van der Waals surface area contributed by atoms with Crippen LogP contribution >= 0.6 is 22.9 Å². The lowest BCUT2D eigenvalue weighted by Crippen LogP contribution is -2.10. The third-order valence-corrected chi connectivity index (χ3v) is 2.52. The normalized spacial score (nSPS) is 12.5. The van der Waals surface area contributed by atoms with E-state index in [-0.39, 0.29) is 0 Å². The maximum Gasteiger partial charge on any atom is 0.331 e. The summed E-state index contributed by atoms with van der Waals surface area (Å²) >= 11 is 7.09. The molecule has 0 saturated carbocycles. The SMILES string of the molecule is CCOC(=O)C(Cl)c1nccs1. The highest BCUT2D eigenvalue weighted by Gasteiger charge is 2.20. The number of ether oxygens (including phenoxy) is 1. The van der Waals surface area contributed by atoms with Gasteiger partial charge in [-0.15, -0.1) is 22.9 Å². The van der Waals surface area contributed by atoms with Gasteiger partial charge in [0.25, 0.3) is 0 Å². The highest BCUT2D eigenvalue weighted by atomic mass is 35.5. The van der Waals surface area contributed by atoms with Gasteiger partial charge in [-0.3, -0.25) is 0 Å². The van der Waals surface area contributed by atoms with Crippen LogP contribution in [0.3, 0.4) is 0 Å². The lowest BCUT2D eigenvalue weighted by atomic mass is 10.4. The molecule has 12 heavy (non-hydrogen) atoms. The topological polar surface area (TPSA) is 39.2 Å². The zero-order valence-corrected chi connectivity index (χ0v) is 8.06. The molecule has 1 aromatic rings. The molecule has 0 fully saturated rings. The smallest absolute Gasteiger partial charge is 0.331 e. The molecule has 1 unspecified atom stereocenters. The number of hydrogen-bond acceptors (Lipinski definition) is 4. The fourth-order valence-corrected chi connectivity index (χ4v) is 1.55. The molecule has 1 rings (SSSR count). The standard InChI is InChI=1S/C7H8ClNO2S/c1-2-11-7(10)5(8)6-9-3-4-12-6/h3-5H,2H2,1H3. The van der Waals surface area contributed by atoms with Gasteiger partial charge in [0.2, 0.25) is 0 Å². The first-order valence-corrected chi connectivity index (χ1v) is 4.77. The Kier molecular flexibility index (Phi) is 3.49. The highest BCUT2D eigenvalue weighted by Crippen LogP contribution is 2.23. The quantitative estimate of drug-likeness (QED) is 0.560. The van der Waals surface area contributed by atoms with Gasteiger partial charge in [-0.2, -0.15) is 0 Å². The average molecular weight is 206 g/mol. The molecule has 3 nitrogen and oxygen atoms in total. The van der Waals surface area contributed by atoms with E-state index in [1.165, 1.54) is 11.3 Å². The molecule has 5 heteroatoms. The molecule has 0 N–H and O–H groups in total. The van der Waals surface area contributed by atoms with Crippen LogP contribution in [-0.4, -0.2) is 17.6 Å². The number of alkyl halides is 1. The fraction of sp³-hybridized carbons (Fsp3) is 0.429. The van der Waals surface area contributed by atoms with E-state index in [1.807, 2.05) is 0 Å². The number of rotatable bonds is 3. The van der Waals surface area contributed by atoms with Crippen molar-refractivity contribution in [1.82, 2.24) is 4.98 Å².